The first-order valence-corrected chi connectivity index (χ1v) is 7.14. The number of nitrogen functional groups attached to an aromatic ring is 1. The minimum Gasteiger partial charge on any atom is -0.383 e. The number of nitrogens with two attached hydrogens (primary N) is 1. The second-order valence-corrected chi connectivity index (χ2v) is 5.67. The molecule has 0 saturated heterocycles. The van der Waals surface area contributed by atoms with Crippen molar-refractivity contribution in [2.24, 2.45) is 5.92 Å². The Morgan fingerprint density at radius 2 is 1.79 bits per heavy atom. The predicted octanol–water partition coefficient (Wildman–Crippen LogP) is 3.88. The van der Waals surface area contributed by atoms with Gasteiger partial charge in [0.2, 0.25) is 0 Å². The highest BCUT2D eigenvalue weighted by atomic mass is 15.3. The zero-order chi connectivity index (χ0) is 13.2. The van der Waals surface area contributed by atoms with Gasteiger partial charge in [-0.2, -0.15) is 5.10 Å². The van der Waals surface area contributed by atoms with Crippen LogP contribution in [0.2, 0.25) is 0 Å². The zero-order valence-electron chi connectivity index (χ0n) is 11.4. The van der Waals surface area contributed by atoms with E-state index in [9.17, 15) is 0 Å². The number of hydrogen-bond donors (Lipinski definition) is 1. The highest BCUT2D eigenvalue weighted by molar-refractivity contribution is 5.73. The lowest BCUT2D eigenvalue weighted by Gasteiger charge is -2.27. The van der Waals surface area contributed by atoms with Crippen molar-refractivity contribution in [2.45, 2.75) is 38.6 Å². The van der Waals surface area contributed by atoms with Gasteiger partial charge >= 0.3 is 0 Å². The van der Waals surface area contributed by atoms with Crippen molar-refractivity contribution in [1.29, 1.82) is 0 Å². The number of benzene rings is 1. The average molecular weight is 255 g/mol. The molecule has 0 aliphatic heterocycles. The molecule has 0 bridgehead atoms. The molecule has 3 nitrogen and oxygen atoms in total. The Balaban J connectivity index is 1.87. The smallest absolute Gasteiger partial charge is 0.129 e. The van der Waals surface area contributed by atoms with Crippen LogP contribution < -0.4 is 5.73 Å². The lowest BCUT2D eigenvalue weighted by molar-refractivity contribution is 0.276. The topological polar surface area (TPSA) is 43.8 Å². The van der Waals surface area contributed by atoms with Crippen LogP contribution in [0.1, 0.15) is 38.6 Å². The summed E-state index contributed by atoms with van der Waals surface area (Å²) < 4.78 is 2.04. The van der Waals surface area contributed by atoms with Gasteiger partial charge < -0.3 is 5.73 Å². The number of anilines is 1. The van der Waals surface area contributed by atoms with Crippen LogP contribution in [-0.4, -0.2) is 9.78 Å². The maximum absolute atomic E-state index is 6.30. The highest BCUT2D eigenvalue weighted by Crippen LogP contribution is 2.35. The molecule has 1 aromatic carbocycles. The van der Waals surface area contributed by atoms with Crippen molar-refractivity contribution in [2.75, 3.05) is 5.73 Å². The highest BCUT2D eigenvalue weighted by Gasteiger charge is 2.22. The largest absolute Gasteiger partial charge is 0.383 e. The van der Waals surface area contributed by atoms with E-state index >= 15 is 0 Å². The van der Waals surface area contributed by atoms with E-state index in [4.69, 9.17) is 5.73 Å². The molecule has 1 saturated carbocycles. The summed E-state index contributed by atoms with van der Waals surface area (Å²) >= 11 is 0. The quantitative estimate of drug-likeness (QED) is 0.885. The number of hydrogen-bond acceptors (Lipinski definition) is 2. The molecule has 0 radical (unpaired) electrons. The van der Waals surface area contributed by atoms with Crippen LogP contribution in [0.4, 0.5) is 5.82 Å². The van der Waals surface area contributed by atoms with Crippen LogP contribution in [-0.2, 0) is 0 Å². The molecule has 1 heterocycles. The monoisotopic (exact) mass is 255 g/mol. The van der Waals surface area contributed by atoms with Gasteiger partial charge in [-0.05, 0) is 37.2 Å². The molecule has 1 aliphatic rings. The van der Waals surface area contributed by atoms with E-state index in [-0.39, 0.29) is 0 Å². The first-order valence-electron chi connectivity index (χ1n) is 7.14. The summed E-state index contributed by atoms with van der Waals surface area (Å²) in [6.45, 7) is 2.33. The van der Waals surface area contributed by atoms with Gasteiger partial charge in [-0.25, -0.2) is 4.68 Å². The second kappa shape index (κ2) is 5.08. The molecule has 100 valence electrons. The Morgan fingerprint density at radius 1 is 1.11 bits per heavy atom. The number of aromatic nitrogens is 2. The Kier molecular flexibility index (Phi) is 3.28. The van der Waals surface area contributed by atoms with Gasteiger partial charge in [-0.1, -0.05) is 37.3 Å². The first kappa shape index (κ1) is 12.3. The maximum atomic E-state index is 6.30. The fourth-order valence-corrected chi connectivity index (χ4v) is 2.99. The lowest BCUT2D eigenvalue weighted by atomic mass is 9.87. The van der Waals surface area contributed by atoms with E-state index in [1.807, 2.05) is 29.1 Å². The SMILES string of the molecule is CC1CCC(n2ncc(-c3ccccc3)c2N)CC1. The normalized spacial score (nSPS) is 23.4. The number of nitrogens with zero attached hydrogens (tertiary/aromatic N) is 2. The summed E-state index contributed by atoms with van der Waals surface area (Å²) in [5, 5.41) is 4.53. The minimum absolute atomic E-state index is 0.480. The van der Waals surface area contributed by atoms with Gasteiger partial charge in [0, 0.05) is 5.56 Å². The van der Waals surface area contributed by atoms with Crippen LogP contribution in [0, 0.1) is 5.92 Å². The fraction of sp³-hybridized carbons (Fsp3) is 0.438. The summed E-state index contributed by atoms with van der Waals surface area (Å²) in [7, 11) is 0. The number of rotatable bonds is 2. The Labute approximate surface area is 114 Å². The van der Waals surface area contributed by atoms with E-state index in [1.54, 1.807) is 0 Å². The standard InChI is InChI=1S/C16H21N3/c1-12-7-9-14(10-8-12)19-16(17)15(11-18-19)13-5-3-2-4-6-13/h2-6,11-12,14H,7-10,17H2,1H3. The van der Waals surface area contributed by atoms with Crippen LogP contribution in [0.25, 0.3) is 11.1 Å². The first-order chi connectivity index (χ1) is 9.25. The Morgan fingerprint density at radius 3 is 2.47 bits per heavy atom. The molecule has 2 aromatic rings. The van der Waals surface area contributed by atoms with Gasteiger partial charge in [0.25, 0.3) is 0 Å². The second-order valence-electron chi connectivity index (χ2n) is 5.67. The molecule has 0 atom stereocenters. The molecule has 1 aromatic heterocycles. The lowest BCUT2D eigenvalue weighted by Crippen LogP contribution is -2.19. The van der Waals surface area contributed by atoms with Gasteiger partial charge in [0.05, 0.1) is 12.2 Å². The predicted molar refractivity (Wildman–Crippen MR) is 78.7 cm³/mol. The van der Waals surface area contributed by atoms with Gasteiger partial charge in [-0.3, -0.25) is 0 Å². The molecular weight excluding hydrogens is 234 g/mol. The third kappa shape index (κ3) is 2.37. The molecule has 0 unspecified atom stereocenters. The van der Waals surface area contributed by atoms with Crippen molar-refractivity contribution >= 4 is 5.82 Å². The molecule has 2 N–H and O–H groups in total. The summed E-state index contributed by atoms with van der Waals surface area (Å²) in [5.41, 5.74) is 8.50. The fourth-order valence-electron chi connectivity index (χ4n) is 2.99. The van der Waals surface area contributed by atoms with Gasteiger partial charge in [0.15, 0.2) is 0 Å². The van der Waals surface area contributed by atoms with E-state index < -0.39 is 0 Å². The van der Waals surface area contributed by atoms with Crippen LogP contribution in [0.3, 0.4) is 0 Å². The third-order valence-corrected chi connectivity index (χ3v) is 4.25. The molecule has 1 fully saturated rings. The molecule has 3 rings (SSSR count). The molecule has 0 spiro atoms. The Hall–Kier alpha value is -1.77. The van der Waals surface area contributed by atoms with Crippen molar-refractivity contribution in [3.63, 3.8) is 0 Å². The molecular formula is C16H21N3. The van der Waals surface area contributed by atoms with Crippen LogP contribution in [0.5, 0.6) is 0 Å². The van der Waals surface area contributed by atoms with E-state index in [0.717, 1.165) is 22.9 Å². The van der Waals surface area contributed by atoms with Crippen molar-refractivity contribution in [3.05, 3.63) is 36.5 Å². The summed E-state index contributed by atoms with van der Waals surface area (Å²) in [6, 6.07) is 10.7. The zero-order valence-corrected chi connectivity index (χ0v) is 11.4. The van der Waals surface area contributed by atoms with Crippen LogP contribution in [0.15, 0.2) is 36.5 Å². The minimum atomic E-state index is 0.480. The van der Waals surface area contributed by atoms with Gasteiger partial charge in [0.1, 0.15) is 5.82 Å². The molecule has 19 heavy (non-hydrogen) atoms. The van der Waals surface area contributed by atoms with E-state index in [2.05, 4.69) is 24.2 Å². The summed E-state index contributed by atoms with van der Waals surface area (Å²) in [5.74, 6) is 1.66. The van der Waals surface area contributed by atoms with Gasteiger partial charge in [-0.15, -0.1) is 0 Å². The van der Waals surface area contributed by atoms with Crippen molar-refractivity contribution < 1.29 is 0 Å². The summed E-state index contributed by atoms with van der Waals surface area (Å²) in [4.78, 5) is 0. The van der Waals surface area contributed by atoms with Crippen molar-refractivity contribution in [3.8, 4) is 11.1 Å². The molecule has 0 amide bonds. The third-order valence-electron chi connectivity index (χ3n) is 4.25. The molecule has 1 aliphatic carbocycles. The maximum Gasteiger partial charge on any atom is 0.129 e. The van der Waals surface area contributed by atoms with Crippen LogP contribution >= 0.6 is 0 Å². The molecule has 3 heteroatoms. The van der Waals surface area contributed by atoms with Crippen molar-refractivity contribution in [1.82, 2.24) is 9.78 Å². The van der Waals surface area contributed by atoms with E-state index in [0.29, 0.717) is 6.04 Å². The van der Waals surface area contributed by atoms with E-state index in [1.165, 1.54) is 25.7 Å². The average Bonchev–Trinajstić information content (AvgIpc) is 2.83. The summed E-state index contributed by atoms with van der Waals surface area (Å²) in [6.07, 6.45) is 6.86. The Bertz CT molecular complexity index is 536.